The highest BCUT2D eigenvalue weighted by molar-refractivity contribution is 7.14. The minimum atomic E-state index is -2.62. The Labute approximate surface area is 214 Å². The van der Waals surface area contributed by atoms with Gasteiger partial charge in [-0.3, -0.25) is 0 Å². The van der Waals surface area contributed by atoms with Gasteiger partial charge in [0.25, 0.3) is 0 Å². The third kappa shape index (κ3) is 3.62. The van der Waals surface area contributed by atoms with Gasteiger partial charge in [0.2, 0.25) is 0 Å². The van der Waals surface area contributed by atoms with Gasteiger partial charge in [-0.1, -0.05) is 110 Å². The first-order valence-electron chi connectivity index (χ1n) is 13.3. The Morgan fingerprint density at radius 2 is 1.09 bits per heavy atom. The van der Waals surface area contributed by atoms with Crippen molar-refractivity contribution in [1.82, 2.24) is 0 Å². The van der Waals surface area contributed by atoms with Gasteiger partial charge in [-0.25, -0.2) is 0 Å². The van der Waals surface area contributed by atoms with Gasteiger partial charge in [0.15, 0.2) is 8.07 Å². The van der Waals surface area contributed by atoms with Gasteiger partial charge < -0.3 is 0 Å². The first-order chi connectivity index (χ1) is 16.6. The molecule has 0 saturated heterocycles. The molecule has 1 aliphatic rings. The SMILES string of the molecule is CCc1cc(CC)cc([Si](c2ccccc2)(c2c(C)cccc2C)C2(C)C(C)=C(C)C(C)=C2C)c1. The van der Waals surface area contributed by atoms with E-state index in [9.17, 15) is 0 Å². The monoisotopic (exact) mass is 478 g/mol. The van der Waals surface area contributed by atoms with E-state index in [2.05, 4.69) is 129 Å². The van der Waals surface area contributed by atoms with Gasteiger partial charge >= 0.3 is 0 Å². The van der Waals surface area contributed by atoms with Crippen LogP contribution in [0.3, 0.4) is 0 Å². The number of benzene rings is 3. The highest BCUT2D eigenvalue weighted by Gasteiger charge is 2.59. The second kappa shape index (κ2) is 9.43. The number of hydrogen-bond donors (Lipinski definition) is 0. The lowest BCUT2D eigenvalue weighted by Crippen LogP contribution is -2.74. The van der Waals surface area contributed by atoms with Gasteiger partial charge in [0.1, 0.15) is 0 Å². The minimum absolute atomic E-state index is 0.0588. The van der Waals surface area contributed by atoms with Crippen LogP contribution in [0.2, 0.25) is 5.04 Å². The molecule has 0 radical (unpaired) electrons. The van der Waals surface area contributed by atoms with Crippen LogP contribution in [-0.2, 0) is 12.8 Å². The summed E-state index contributed by atoms with van der Waals surface area (Å²) in [4.78, 5) is 0. The molecular formula is C34H42Si. The van der Waals surface area contributed by atoms with Crippen molar-refractivity contribution >= 4 is 23.6 Å². The zero-order valence-electron chi connectivity index (χ0n) is 23.3. The second-order valence-corrected chi connectivity index (χ2v) is 14.9. The summed E-state index contributed by atoms with van der Waals surface area (Å²) in [5, 5.41) is 4.60. The van der Waals surface area contributed by atoms with Crippen LogP contribution in [0.25, 0.3) is 0 Å². The Kier molecular flexibility index (Phi) is 6.86. The maximum atomic E-state index is 2.58. The molecular weight excluding hydrogens is 436 g/mol. The molecule has 1 aliphatic carbocycles. The standard InChI is InChI=1S/C34H42Si/c1-10-29-20-30(11-2)22-32(21-29)35(31-18-13-12-14-19-31,33-23(3)16-15-17-24(33)4)34(9)27(7)25(5)26(6)28(34)8/h12-22H,10-11H2,1-9H3. The predicted molar refractivity (Wildman–Crippen MR) is 157 cm³/mol. The zero-order chi connectivity index (χ0) is 25.5. The lowest BCUT2D eigenvalue weighted by atomic mass is 9.97. The topological polar surface area (TPSA) is 0 Å². The van der Waals surface area contributed by atoms with Crippen molar-refractivity contribution in [1.29, 1.82) is 0 Å². The van der Waals surface area contributed by atoms with E-state index < -0.39 is 8.07 Å². The normalized spacial score (nSPS) is 17.2. The fraction of sp³-hybridized carbons (Fsp3) is 0.353. The molecule has 1 heteroatoms. The molecule has 0 nitrogen and oxygen atoms in total. The molecule has 0 fully saturated rings. The molecule has 4 rings (SSSR count). The maximum absolute atomic E-state index is 2.62. The fourth-order valence-electron chi connectivity index (χ4n) is 6.92. The number of allylic oxidation sites excluding steroid dienone is 4. The van der Waals surface area contributed by atoms with Crippen LogP contribution in [0.15, 0.2) is 89.0 Å². The average molecular weight is 479 g/mol. The van der Waals surface area contributed by atoms with Gasteiger partial charge in [0.05, 0.1) is 0 Å². The van der Waals surface area contributed by atoms with Crippen molar-refractivity contribution in [2.45, 2.75) is 80.2 Å². The van der Waals surface area contributed by atoms with Crippen LogP contribution < -0.4 is 15.6 Å². The van der Waals surface area contributed by atoms with Crippen LogP contribution >= 0.6 is 0 Å². The largest absolute Gasteiger partial charge is 0.162 e. The Balaban J connectivity index is 2.33. The molecule has 35 heavy (non-hydrogen) atoms. The summed E-state index contributed by atoms with van der Waals surface area (Å²) < 4.78 is 0. The summed E-state index contributed by atoms with van der Waals surface area (Å²) >= 11 is 0. The van der Waals surface area contributed by atoms with E-state index in [-0.39, 0.29) is 5.04 Å². The van der Waals surface area contributed by atoms with Crippen LogP contribution in [-0.4, -0.2) is 8.07 Å². The Morgan fingerprint density at radius 3 is 1.54 bits per heavy atom. The summed E-state index contributed by atoms with van der Waals surface area (Å²) in [6.07, 6.45) is 2.12. The first-order valence-corrected chi connectivity index (χ1v) is 15.3. The summed E-state index contributed by atoms with van der Waals surface area (Å²) in [6, 6.07) is 26.0. The third-order valence-electron chi connectivity index (χ3n) is 9.30. The molecule has 0 aromatic heterocycles. The van der Waals surface area contributed by atoms with Crippen molar-refractivity contribution in [2.75, 3.05) is 0 Å². The van der Waals surface area contributed by atoms with Gasteiger partial charge in [-0.05, 0) is 92.2 Å². The molecule has 0 bridgehead atoms. The minimum Gasteiger partial charge on any atom is -0.0624 e. The second-order valence-electron chi connectivity index (χ2n) is 10.8. The van der Waals surface area contributed by atoms with Gasteiger partial charge in [0, 0.05) is 5.04 Å². The van der Waals surface area contributed by atoms with E-state index in [1.807, 2.05) is 0 Å². The van der Waals surface area contributed by atoms with Crippen LogP contribution in [0.4, 0.5) is 0 Å². The molecule has 0 heterocycles. The van der Waals surface area contributed by atoms with Gasteiger partial charge in [-0.15, -0.1) is 0 Å². The molecule has 0 aliphatic heterocycles. The Bertz CT molecular complexity index is 1260. The van der Waals surface area contributed by atoms with Gasteiger partial charge in [-0.2, -0.15) is 0 Å². The summed E-state index contributed by atoms with van der Waals surface area (Å²) in [5.41, 5.74) is 11.8. The number of rotatable bonds is 6. The van der Waals surface area contributed by atoms with Crippen molar-refractivity contribution < 1.29 is 0 Å². The lowest BCUT2D eigenvalue weighted by molar-refractivity contribution is 0.812. The van der Waals surface area contributed by atoms with Crippen LogP contribution in [0.1, 0.15) is 70.7 Å². The first kappa shape index (κ1) is 25.4. The van der Waals surface area contributed by atoms with Crippen molar-refractivity contribution in [3.05, 3.63) is 111 Å². The summed E-state index contributed by atoms with van der Waals surface area (Å²) in [6.45, 7) is 21.4. The number of aryl methyl sites for hydroxylation is 4. The molecule has 3 aromatic rings. The molecule has 0 spiro atoms. The fourth-order valence-corrected chi connectivity index (χ4v) is 13.8. The summed E-state index contributed by atoms with van der Waals surface area (Å²) in [5.74, 6) is 0. The van der Waals surface area contributed by atoms with E-state index in [0.29, 0.717) is 0 Å². The van der Waals surface area contributed by atoms with E-state index in [1.54, 1.807) is 21.5 Å². The van der Waals surface area contributed by atoms with E-state index in [0.717, 1.165) is 12.8 Å². The van der Waals surface area contributed by atoms with E-state index >= 15 is 0 Å². The lowest BCUT2D eigenvalue weighted by Gasteiger charge is -2.50. The Morgan fingerprint density at radius 1 is 0.600 bits per heavy atom. The predicted octanol–water partition coefficient (Wildman–Crippen LogP) is 7.35. The van der Waals surface area contributed by atoms with E-state index in [4.69, 9.17) is 0 Å². The van der Waals surface area contributed by atoms with Crippen molar-refractivity contribution in [3.63, 3.8) is 0 Å². The maximum Gasteiger partial charge on any atom is 0.162 e. The molecule has 182 valence electrons. The quantitative estimate of drug-likeness (QED) is 0.257. The molecule has 1 unspecified atom stereocenters. The number of hydrogen-bond acceptors (Lipinski definition) is 0. The van der Waals surface area contributed by atoms with Crippen LogP contribution in [0.5, 0.6) is 0 Å². The highest BCUT2D eigenvalue weighted by atomic mass is 28.3. The summed E-state index contributed by atoms with van der Waals surface area (Å²) in [7, 11) is -2.62. The smallest absolute Gasteiger partial charge is 0.0624 e. The molecule has 1 atom stereocenters. The Hall–Kier alpha value is -2.64. The van der Waals surface area contributed by atoms with Crippen molar-refractivity contribution in [3.8, 4) is 0 Å². The van der Waals surface area contributed by atoms with Crippen molar-refractivity contribution in [2.24, 2.45) is 0 Å². The third-order valence-corrected chi connectivity index (χ3v) is 15.4. The molecule has 3 aromatic carbocycles. The highest BCUT2D eigenvalue weighted by Crippen LogP contribution is 2.57. The van der Waals surface area contributed by atoms with E-state index in [1.165, 1.54) is 38.6 Å². The average Bonchev–Trinajstić information content (AvgIpc) is 3.02. The zero-order valence-corrected chi connectivity index (χ0v) is 24.3. The molecule has 0 saturated carbocycles. The van der Waals surface area contributed by atoms with Crippen LogP contribution in [0, 0.1) is 13.8 Å². The molecule has 0 amide bonds. The molecule has 0 N–H and O–H groups in total.